The Morgan fingerprint density at radius 3 is 2.48 bits per heavy atom. The molecule has 0 spiro atoms. The third kappa shape index (κ3) is 4.31. The smallest absolute Gasteiger partial charge is 0.161 e. The van der Waals surface area contributed by atoms with Crippen molar-refractivity contribution in [3.8, 4) is 11.5 Å². The number of rotatable bonds is 7. The molecule has 0 fully saturated rings. The molecule has 0 amide bonds. The van der Waals surface area contributed by atoms with E-state index in [1.54, 1.807) is 7.11 Å². The summed E-state index contributed by atoms with van der Waals surface area (Å²) in [5.41, 5.74) is 2.26. The van der Waals surface area contributed by atoms with Crippen molar-refractivity contribution in [2.45, 2.75) is 0 Å². The first kappa shape index (κ1) is 15.0. The molecule has 1 N–H and O–H groups in total. The van der Waals surface area contributed by atoms with Crippen molar-refractivity contribution in [3.63, 3.8) is 0 Å². The Bertz CT molecular complexity index is 570. The molecule has 112 valence electrons. The predicted octanol–water partition coefficient (Wildman–Crippen LogP) is 3.25. The summed E-state index contributed by atoms with van der Waals surface area (Å²) in [6.07, 6.45) is 0. The zero-order chi connectivity index (χ0) is 15.1. The summed E-state index contributed by atoms with van der Waals surface area (Å²) in [4.78, 5) is 2.08. The van der Waals surface area contributed by atoms with Crippen molar-refractivity contribution in [1.82, 2.24) is 0 Å². The number of benzene rings is 2. The SMILES string of the molecule is COc1ccccc1OCCNc1cccc(N(C)C)c1. The molecule has 0 aliphatic carbocycles. The van der Waals surface area contributed by atoms with E-state index >= 15 is 0 Å². The number of para-hydroxylation sites is 2. The highest BCUT2D eigenvalue weighted by atomic mass is 16.5. The number of ether oxygens (including phenoxy) is 2. The van der Waals surface area contributed by atoms with Gasteiger partial charge >= 0.3 is 0 Å². The van der Waals surface area contributed by atoms with E-state index in [4.69, 9.17) is 9.47 Å². The predicted molar refractivity (Wildman–Crippen MR) is 87.7 cm³/mol. The first-order valence-electron chi connectivity index (χ1n) is 6.98. The van der Waals surface area contributed by atoms with Gasteiger partial charge in [0.1, 0.15) is 6.61 Å². The highest BCUT2D eigenvalue weighted by molar-refractivity contribution is 5.57. The van der Waals surface area contributed by atoms with Crippen LogP contribution in [0.4, 0.5) is 11.4 Å². The van der Waals surface area contributed by atoms with Crippen molar-refractivity contribution < 1.29 is 9.47 Å². The van der Waals surface area contributed by atoms with Crippen LogP contribution in [0, 0.1) is 0 Å². The fourth-order valence-corrected chi connectivity index (χ4v) is 1.99. The molecule has 0 atom stereocenters. The van der Waals surface area contributed by atoms with E-state index in [0.29, 0.717) is 6.61 Å². The molecule has 21 heavy (non-hydrogen) atoms. The number of nitrogens with one attached hydrogen (secondary N) is 1. The van der Waals surface area contributed by atoms with Gasteiger partial charge in [0.15, 0.2) is 11.5 Å². The van der Waals surface area contributed by atoms with Gasteiger partial charge in [0.05, 0.1) is 7.11 Å². The van der Waals surface area contributed by atoms with Gasteiger partial charge in [-0.25, -0.2) is 0 Å². The Morgan fingerprint density at radius 1 is 1.00 bits per heavy atom. The fraction of sp³-hybridized carbons (Fsp3) is 0.294. The number of hydrogen-bond acceptors (Lipinski definition) is 4. The van der Waals surface area contributed by atoms with Gasteiger partial charge in [0.2, 0.25) is 0 Å². The van der Waals surface area contributed by atoms with Crippen molar-refractivity contribution in [2.24, 2.45) is 0 Å². The van der Waals surface area contributed by atoms with Crippen LogP contribution in [0.1, 0.15) is 0 Å². The zero-order valence-corrected chi connectivity index (χ0v) is 12.8. The van der Waals surface area contributed by atoms with Crippen molar-refractivity contribution in [3.05, 3.63) is 48.5 Å². The van der Waals surface area contributed by atoms with Gasteiger partial charge in [-0.2, -0.15) is 0 Å². The average molecular weight is 286 g/mol. The molecule has 2 rings (SSSR count). The van der Waals surface area contributed by atoms with Gasteiger partial charge in [-0.3, -0.25) is 0 Å². The van der Waals surface area contributed by atoms with E-state index in [1.807, 2.05) is 44.4 Å². The summed E-state index contributed by atoms with van der Waals surface area (Å²) in [5.74, 6) is 1.52. The van der Waals surface area contributed by atoms with Gasteiger partial charge in [0.25, 0.3) is 0 Å². The Balaban J connectivity index is 1.83. The van der Waals surface area contributed by atoms with Crippen LogP contribution in [0.25, 0.3) is 0 Å². The van der Waals surface area contributed by atoms with E-state index in [0.717, 1.165) is 23.7 Å². The summed E-state index contributed by atoms with van der Waals surface area (Å²) < 4.78 is 11.0. The van der Waals surface area contributed by atoms with E-state index < -0.39 is 0 Å². The van der Waals surface area contributed by atoms with Gasteiger partial charge in [-0.1, -0.05) is 18.2 Å². The van der Waals surface area contributed by atoms with Crippen LogP contribution in [-0.4, -0.2) is 34.4 Å². The minimum Gasteiger partial charge on any atom is -0.493 e. The second-order valence-corrected chi connectivity index (χ2v) is 4.87. The standard InChI is InChI=1S/C17H22N2O2/c1-19(2)15-8-6-7-14(13-15)18-11-12-21-17-10-5-4-9-16(17)20-3/h4-10,13,18H,11-12H2,1-3H3. The maximum Gasteiger partial charge on any atom is 0.161 e. The normalized spacial score (nSPS) is 10.0. The number of hydrogen-bond donors (Lipinski definition) is 1. The van der Waals surface area contributed by atoms with E-state index in [-0.39, 0.29) is 0 Å². The lowest BCUT2D eigenvalue weighted by Crippen LogP contribution is -2.13. The van der Waals surface area contributed by atoms with Crippen LogP contribution in [0.5, 0.6) is 11.5 Å². The lowest BCUT2D eigenvalue weighted by molar-refractivity contribution is 0.306. The lowest BCUT2D eigenvalue weighted by atomic mass is 10.2. The van der Waals surface area contributed by atoms with E-state index in [2.05, 4.69) is 28.4 Å². The lowest BCUT2D eigenvalue weighted by Gasteiger charge is -2.15. The highest BCUT2D eigenvalue weighted by Crippen LogP contribution is 2.25. The summed E-state index contributed by atoms with van der Waals surface area (Å²) in [7, 11) is 5.71. The molecular weight excluding hydrogens is 264 g/mol. The molecule has 0 aromatic heterocycles. The van der Waals surface area contributed by atoms with Crippen molar-refractivity contribution in [2.75, 3.05) is 44.6 Å². The molecule has 0 saturated heterocycles. The van der Waals surface area contributed by atoms with Gasteiger partial charge < -0.3 is 19.7 Å². The van der Waals surface area contributed by atoms with Gasteiger partial charge in [-0.05, 0) is 30.3 Å². The number of anilines is 2. The Morgan fingerprint density at radius 2 is 1.76 bits per heavy atom. The number of methoxy groups -OCH3 is 1. The third-order valence-corrected chi connectivity index (χ3v) is 3.12. The largest absolute Gasteiger partial charge is 0.493 e. The van der Waals surface area contributed by atoms with E-state index in [9.17, 15) is 0 Å². The van der Waals surface area contributed by atoms with Crippen LogP contribution in [0.3, 0.4) is 0 Å². The van der Waals surface area contributed by atoms with Crippen LogP contribution in [0.2, 0.25) is 0 Å². The summed E-state index contributed by atoms with van der Waals surface area (Å²) >= 11 is 0. The second kappa shape index (κ2) is 7.43. The fourth-order valence-electron chi connectivity index (χ4n) is 1.99. The molecule has 4 heteroatoms. The third-order valence-electron chi connectivity index (χ3n) is 3.12. The summed E-state index contributed by atoms with van der Waals surface area (Å²) in [6, 6.07) is 16.0. The maximum absolute atomic E-state index is 5.73. The monoisotopic (exact) mass is 286 g/mol. The minimum absolute atomic E-state index is 0.576. The molecule has 4 nitrogen and oxygen atoms in total. The quantitative estimate of drug-likeness (QED) is 0.792. The van der Waals surface area contributed by atoms with Crippen LogP contribution in [0.15, 0.2) is 48.5 Å². The Kier molecular flexibility index (Phi) is 5.32. The first-order valence-corrected chi connectivity index (χ1v) is 6.98. The van der Waals surface area contributed by atoms with Crippen molar-refractivity contribution >= 4 is 11.4 Å². The first-order chi connectivity index (χ1) is 10.2. The summed E-state index contributed by atoms with van der Waals surface area (Å²) in [6.45, 7) is 1.31. The molecule has 2 aromatic rings. The van der Waals surface area contributed by atoms with Crippen LogP contribution >= 0.6 is 0 Å². The molecule has 0 aliphatic heterocycles. The zero-order valence-electron chi connectivity index (χ0n) is 12.8. The second-order valence-electron chi connectivity index (χ2n) is 4.87. The average Bonchev–Trinajstić information content (AvgIpc) is 2.52. The van der Waals surface area contributed by atoms with Gasteiger partial charge in [0, 0.05) is 32.0 Å². The van der Waals surface area contributed by atoms with Crippen LogP contribution in [-0.2, 0) is 0 Å². The topological polar surface area (TPSA) is 33.7 Å². The highest BCUT2D eigenvalue weighted by Gasteiger charge is 2.02. The molecule has 0 saturated carbocycles. The van der Waals surface area contributed by atoms with E-state index in [1.165, 1.54) is 5.69 Å². The Labute approximate surface area is 126 Å². The molecule has 0 radical (unpaired) electrons. The van der Waals surface area contributed by atoms with Crippen molar-refractivity contribution in [1.29, 1.82) is 0 Å². The minimum atomic E-state index is 0.576. The summed E-state index contributed by atoms with van der Waals surface area (Å²) in [5, 5.41) is 3.36. The van der Waals surface area contributed by atoms with Gasteiger partial charge in [-0.15, -0.1) is 0 Å². The Hall–Kier alpha value is -2.36. The molecule has 0 heterocycles. The molecular formula is C17H22N2O2. The maximum atomic E-state index is 5.73. The molecule has 2 aromatic carbocycles. The van der Waals surface area contributed by atoms with Crippen LogP contribution < -0.4 is 19.7 Å². The molecule has 0 bridgehead atoms. The number of nitrogens with zero attached hydrogens (tertiary/aromatic N) is 1. The molecule has 0 aliphatic rings. The molecule has 0 unspecified atom stereocenters.